The van der Waals surface area contributed by atoms with Gasteiger partial charge in [0.05, 0.1) is 6.10 Å². The van der Waals surface area contributed by atoms with Crippen molar-refractivity contribution in [2.75, 3.05) is 0 Å². The molecule has 0 amide bonds. The Morgan fingerprint density at radius 1 is 0.842 bits per heavy atom. The van der Waals surface area contributed by atoms with Gasteiger partial charge in [0.2, 0.25) is 0 Å². The SMILES string of the molecule is OC(c1ccc2c(c1)CCCC2)C1CCCCCC1. The van der Waals surface area contributed by atoms with Gasteiger partial charge in [0.15, 0.2) is 0 Å². The molecule has 0 spiro atoms. The number of fused-ring (bicyclic) bond motifs is 1. The van der Waals surface area contributed by atoms with E-state index < -0.39 is 0 Å². The van der Waals surface area contributed by atoms with E-state index in [-0.39, 0.29) is 6.10 Å². The fourth-order valence-corrected chi connectivity index (χ4v) is 3.84. The number of aryl methyl sites for hydroxylation is 2. The van der Waals surface area contributed by atoms with Crippen LogP contribution in [-0.2, 0) is 12.8 Å². The van der Waals surface area contributed by atoms with Gasteiger partial charge in [-0.15, -0.1) is 0 Å². The van der Waals surface area contributed by atoms with E-state index in [1.165, 1.54) is 80.9 Å². The summed E-state index contributed by atoms with van der Waals surface area (Å²) < 4.78 is 0. The van der Waals surface area contributed by atoms with Gasteiger partial charge in [0.25, 0.3) is 0 Å². The lowest BCUT2D eigenvalue weighted by atomic mass is 9.85. The third kappa shape index (κ3) is 3.02. The minimum atomic E-state index is -0.231. The quantitative estimate of drug-likeness (QED) is 0.770. The van der Waals surface area contributed by atoms with Crippen LogP contribution in [-0.4, -0.2) is 5.11 Å². The minimum Gasteiger partial charge on any atom is -0.388 e. The Morgan fingerprint density at radius 2 is 1.53 bits per heavy atom. The zero-order valence-electron chi connectivity index (χ0n) is 11.9. The van der Waals surface area contributed by atoms with Crippen molar-refractivity contribution in [3.05, 3.63) is 34.9 Å². The van der Waals surface area contributed by atoms with Crippen LogP contribution in [0.5, 0.6) is 0 Å². The van der Waals surface area contributed by atoms with E-state index in [2.05, 4.69) is 18.2 Å². The number of hydrogen-bond acceptors (Lipinski definition) is 1. The normalized spacial score (nSPS) is 22.6. The molecule has 0 aliphatic heterocycles. The molecule has 3 rings (SSSR count). The summed E-state index contributed by atoms with van der Waals surface area (Å²) >= 11 is 0. The van der Waals surface area contributed by atoms with Crippen LogP contribution < -0.4 is 0 Å². The highest BCUT2D eigenvalue weighted by Crippen LogP contribution is 2.34. The number of benzene rings is 1. The maximum Gasteiger partial charge on any atom is 0.0818 e. The largest absolute Gasteiger partial charge is 0.388 e. The molecular formula is C18H26O. The van der Waals surface area contributed by atoms with Crippen molar-refractivity contribution in [3.8, 4) is 0 Å². The Labute approximate surface area is 117 Å². The predicted molar refractivity (Wildman–Crippen MR) is 79.2 cm³/mol. The summed E-state index contributed by atoms with van der Waals surface area (Å²) in [5.41, 5.74) is 4.19. The van der Waals surface area contributed by atoms with Crippen LogP contribution in [0.3, 0.4) is 0 Å². The molecule has 0 saturated heterocycles. The van der Waals surface area contributed by atoms with E-state index in [0.717, 1.165) is 0 Å². The molecule has 2 aliphatic rings. The molecule has 0 aromatic heterocycles. The summed E-state index contributed by atoms with van der Waals surface area (Å²) in [6.07, 6.45) is 12.6. The zero-order valence-corrected chi connectivity index (χ0v) is 11.9. The summed E-state index contributed by atoms with van der Waals surface area (Å²) in [4.78, 5) is 0. The molecule has 1 nitrogen and oxygen atoms in total. The average Bonchev–Trinajstić information content (AvgIpc) is 2.75. The van der Waals surface area contributed by atoms with Crippen LogP contribution in [0.25, 0.3) is 0 Å². The van der Waals surface area contributed by atoms with Gasteiger partial charge in [0.1, 0.15) is 0 Å². The molecule has 1 aromatic carbocycles. The van der Waals surface area contributed by atoms with Crippen molar-refractivity contribution in [1.29, 1.82) is 0 Å². The van der Waals surface area contributed by atoms with Crippen LogP contribution in [0.15, 0.2) is 18.2 Å². The van der Waals surface area contributed by atoms with Crippen molar-refractivity contribution in [2.45, 2.75) is 70.3 Å². The van der Waals surface area contributed by atoms with Gasteiger partial charge < -0.3 is 5.11 Å². The first kappa shape index (κ1) is 13.2. The lowest BCUT2D eigenvalue weighted by Gasteiger charge is -2.24. The average molecular weight is 258 g/mol. The van der Waals surface area contributed by atoms with Crippen molar-refractivity contribution >= 4 is 0 Å². The first-order chi connectivity index (χ1) is 9.34. The topological polar surface area (TPSA) is 20.2 Å². The minimum absolute atomic E-state index is 0.231. The highest BCUT2D eigenvalue weighted by molar-refractivity contribution is 5.35. The fraction of sp³-hybridized carbons (Fsp3) is 0.667. The van der Waals surface area contributed by atoms with E-state index in [1.54, 1.807) is 0 Å². The van der Waals surface area contributed by atoms with Gasteiger partial charge in [-0.05, 0) is 61.1 Å². The van der Waals surface area contributed by atoms with Crippen LogP contribution in [0.2, 0.25) is 0 Å². The second-order valence-electron chi connectivity index (χ2n) is 6.43. The summed E-state index contributed by atoms with van der Waals surface area (Å²) in [6, 6.07) is 6.74. The molecule has 1 saturated carbocycles. The number of rotatable bonds is 2. The maximum atomic E-state index is 10.7. The first-order valence-electron chi connectivity index (χ1n) is 8.14. The molecule has 0 bridgehead atoms. The first-order valence-corrected chi connectivity index (χ1v) is 8.14. The standard InChI is InChI=1S/C18H26O/c19-18(15-8-3-1-2-4-9-15)17-12-11-14-7-5-6-10-16(14)13-17/h11-13,15,18-19H,1-10H2. The smallest absolute Gasteiger partial charge is 0.0818 e. The summed E-state index contributed by atoms with van der Waals surface area (Å²) in [5.74, 6) is 0.490. The monoisotopic (exact) mass is 258 g/mol. The Morgan fingerprint density at radius 3 is 2.26 bits per heavy atom. The van der Waals surface area contributed by atoms with E-state index >= 15 is 0 Å². The molecule has 0 heterocycles. The number of aliphatic hydroxyl groups is 1. The highest BCUT2D eigenvalue weighted by atomic mass is 16.3. The Bertz CT molecular complexity index is 416. The lowest BCUT2D eigenvalue weighted by molar-refractivity contribution is 0.0987. The number of aliphatic hydroxyl groups excluding tert-OH is 1. The van der Waals surface area contributed by atoms with Crippen molar-refractivity contribution in [2.24, 2.45) is 5.92 Å². The predicted octanol–water partition coefficient (Wildman–Crippen LogP) is 4.57. The van der Waals surface area contributed by atoms with Crippen LogP contribution in [0, 0.1) is 5.92 Å². The number of hydrogen-bond donors (Lipinski definition) is 1. The molecular weight excluding hydrogens is 232 g/mol. The van der Waals surface area contributed by atoms with Gasteiger partial charge in [-0.25, -0.2) is 0 Å². The van der Waals surface area contributed by atoms with Gasteiger partial charge >= 0.3 is 0 Å². The van der Waals surface area contributed by atoms with Crippen molar-refractivity contribution in [1.82, 2.24) is 0 Å². The molecule has 1 fully saturated rings. The molecule has 1 heteroatoms. The van der Waals surface area contributed by atoms with Crippen LogP contribution >= 0.6 is 0 Å². The van der Waals surface area contributed by atoms with Gasteiger partial charge in [-0.3, -0.25) is 0 Å². The summed E-state index contributed by atoms with van der Waals surface area (Å²) in [6.45, 7) is 0. The van der Waals surface area contributed by atoms with Crippen molar-refractivity contribution < 1.29 is 5.11 Å². The Balaban J connectivity index is 1.76. The van der Waals surface area contributed by atoms with Crippen LogP contribution in [0.4, 0.5) is 0 Å². The molecule has 19 heavy (non-hydrogen) atoms. The van der Waals surface area contributed by atoms with Gasteiger partial charge in [-0.1, -0.05) is 43.9 Å². The summed E-state index contributed by atoms with van der Waals surface area (Å²) in [7, 11) is 0. The zero-order chi connectivity index (χ0) is 13.1. The van der Waals surface area contributed by atoms with Gasteiger partial charge in [0, 0.05) is 0 Å². The highest BCUT2D eigenvalue weighted by Gasteiger charge is 2.23. The summed E-state index contributed by atoms with van der Waals surface area (Å²) in [5, 5.41) is 10.7. The van der Waals surface area contributed by atoms with Crippen LogP contribution in [0.1, 0.15) is 74.2 Å². The molecule has 1 unspecified atom stereocenters. The van der Waals surface area contributed by atoms with Gasteiger partial charge in [-0.2, -0.15) is 0 Å². The second kappa shape index (κ2) is 6.09. The molecule has 0 radical (unpaired) electrons. The van der Waals surface area contributed by atoms with E-state index in [9.17, 15) is 5.11 Å². The third-order valence-corrected chi connectivity index (χ3v) is 5.06. The van der Waals surface area contributed by atoms with E-state index in [4.69, 9.17) is 0 Å². The molecule has 2 aliphatic carbocycles. The second-order valence-corrected chi connectivity index (χ2v) is 6.43. The fourth-order valence-electron chi connectivity index (χ4n) is 3.84. The lowest BCUT2D eigenvalue weighted by Crippen LogP contribution is -2.13. The van der Waals surface area contributed by atoms with E-state index in [1.807, 2.05) is 0 Å². The maximum absolute atomic E-state index is 10.7. The molecule has 1 aromatic rings. The van der Waals surface area contributed by atoms with E-state index in [0.29, 0.717) is 5.92 Å². The Kier molecular flexibility index (Phi) is 4.22. The molecule has 104 valence electrons. The Hall–Kier alpha value is -0.820. The van der Waals surface area contributed by atoms with Crippen molar-refractivity contribution in [3.63, 3.8) is 0 Å². The molecule has 1 N–H and O–H groups in total. The third-order valence-electron chi connectivity index (χ3n) is 5.06. The molecule has 1 atom stereocenters.